The van der Waals surface area contributed by atoms with Crippen molar-refractivity contribution in [1.82, 2.24) is 24.6 Å². The Bertz CT molecular complexity index is 801. The molecule has 1 amide bonds. The fraction of sp³-hybridized carbons (Fsp3) is 0.625. The van der Waals surface area contributed by atoms with Crippen LogP contribution in [0.3, 0.4) is 0 Å². The monoisotopic (exact) mass is 329 g/mol. The molecule has 2 saturated heterocycles. The van der Waals surface area contributed by atoms with Crippen LogP contribution in [-0.4, -0.2) is 57.2 Å². The minimum atomic E-state index is 0.139. The Kier molecular flexibility index (Phi) is 3.36. The number of fused-ring (bicyclic) bond motifs is 1. The van der Waals surface area contributed by atoms with Gasteiger partial charge in [0, 0.05) is 45.6 Å². The summed E-state index contributed by atoms with van der Waals surface area (Å²) < 4.78 is 1.73. The van der Waals surface area contributed by atoms with Crippen molar-refractivity contribution in [2.45, 2.75) is 25.7 Å². The number of carbonyl (C=O) groups excluding carboxylic acids is 1. The molecule has 24 heavy (non-hydrogen) atoms. The molecule has 1 unspecified atom stereocenters. The second kappa shape index (κ2) is 5.32. The van der Waals surface area contributed by atoms with Gasteiger partial charge in [0.25, 0.3) is 0 Å². The van der Waals surface area contributed by atoms with Gasteiger partial charge in [0.15, 0.2) is 5.65 Å². The van der Waals surface area contributed by atoms with E-state index in [2.05, 4.69) is 20.0 Å². The highest BCUT2D eigenvalue weighted by Crippen LogP contribution is 2.39. The molecule has 1 atom stereocenters. The predicted molar refractivity (Wildman–Crippen MR) is 91.5 cm³/mol. The number of aromatic nitrogens is 4. The molecule has 0 aromatic carbocycles. The quantitative estimate of drug-likeness (QED) is 0.831. The summed E-state index contributed by atoms with van der Waals surface area (Å²) in [7, 11) is 3.76. The number of hydrogen-bond acceptors (Lipinski definition) is 6. The van der Waals surface area contributed by atoms with Crippen LogP contribution in [0.1, 0.15) is 25.7 Å². The van der Waals surface area contributed by atoms with Gasteiger partial charge in [0.2, 0.25) is 11.9 Å². The lowest BCUT2D eigenvalue weighted by atomic mass is 9.74. The van der Waals surface area contributed by atoms with Gasteiger partial charge < -0.3 is 15.5 Å². The van der Waals surface area contributed by atoms with E-state index >= 15 is 0 Å². The van der Waals surface area contributed by atoms with Crippen LogP contribution in [0, 0.1) is 5.41 Å². The minimum Gasteiger partial charge on any atom is -0.383 e. The van der Waals surface area contributed by atoms with Gasteiger partial charge in [0.1, 0.15) is 5.82 Å². The van der Waals surface area contributed by atoms with Gasteiger partial charge in [-0.15, -0.1) is 0 Å². The van der Waals surface area contributed by atoms with Gasteiger partial charge in [0.05, 0.1) is 11.6 Å². The summed E-state index contributed by atoms with van der Waals surface area (Å²) in [4.78, 5) is 25.1. The first kappa shape index (κ1) is 15.2. The fourth-order valence-electron chi connectivity index (χ4n) is 4.12. The molecule has 2 aliphatic rings. The van der Waals surface area contributed by atoms with Gasteiger partial charge >= 0.3 is 0 Å². The number of nitrogens with zero attached hydrogens (tertiary/aromatic N) is 6. The van der Waals surface area contributed by atoms with Crippen molar-refractivity contribution < 1.29 is 4.79 Å². The molecular weight excluding hydrogens is 306 g/mol. The van der Waals surface area contributed by atoms with Crippen molar-refractivity contribution in [2.75, 3.05) is 37.3 Å². The first-order valence-electron chi connectivity index (χ1n) is 8.42. The molecule has 2 N–H and O–H groups in total. The number of nitrogens with two attached hydrogens (primary N) is 1. The maximum Gasteiger partial charge on any atom is 0.229 e. The Hall–Kier alpha value is -2.38. The van der Waals surface area contributed by atoms with E-state index in [-0.39, 0.29) is 11.3 Å². The first-order valence-corrected chi connectivity index (χ1v) is 8.42. The molecule has 8 heteroatoms. The van der Waals surface area contributed by atoms with E-state index in [1.807, 2.05) is 19.0 Å². The first-order chi connectivity index (χ1) is 11.5. The minimum absolute atomic E-state index is 0.139. The second-order valence-corrected chi connectivity index (χ2v) is 7.19. The van der Waals surface area contributed by atoms with Crippen molar-refractivity contribution in [3.05, 3.63) is 6.20 Å². The van der Waals surface area contributed by atoms with Crippen LogP contribution in [-0.2, 0) is 11.8 Å². The smallest absolute Gasteiger partial charge is 0.229 e. The third kappa shape index (κ3) is 2.37. The number of anilines is 2. The molecular formula is C16H23N7O. The predicted octanol–water partition coefficient (Wildman–Crippen LogP) is 0.784. The standard InChI is InChI=1S/C16H23N7O/c1-21-9-16(6-4-12(21)24)5-3-7-23(10-16)15-19-13(17)11-8-18-22(2)14(11)20-15/h8H,3-7,9-10H2,1-2H3,(H2,17,19,20). The second-order valence-electron chi connectivity index (χ2n) is 7.19. The number of piperidine rings is 2. The van der Waals surface area contributed by atoms with Gasteiger partial charge in [-0.1, -0.05) is 0 Å². The Labute approximate surface area is 140 Å². The zero-order valence-corrected chi connectivity index (χ0v) is 14.2. The summed E-state index contributed by atoms with van der Waals surface area (Å²) >= 11 is 0. The molecule has 1 spiro atoms. The zero-order valence-electron chi connectivity index (χ0n) is 14.2. The number of likely N-dealkylation sites (tertiary alicyclic amines) is 1. The van der Waals surface area contributed by atoms with E-state index in [1.54, 1.807) is 10.9 Å². The van der Waals surface area contributed by atoms with E-state index < -0.39 is 0 Å². The average Bonchev–Trinajstić information content (AvgIpc) is 2.94. The molecule has 0 radical (unpaired) electrons. The van der Waals surface area contributed by atoms with Crippen LogP contribution in [0.5, 0.6) is 0 Å². The normalized spacial score (nSPS) is 25.0. The van der Waals surface area contributed by atoms with Crippen LogP contribution < -0.4 is 10.6 Å². The number of amides is 1. The highest BCUT2D eigenvalue weighted by molar-refractivity contribution is 5.86. The van der Waals surface area contributed by atoms with Gasteiger partial charge in [-0.25, -0.2) is 0 Å². The Morgan fingerprint density at radius 1 is 1.21 bits per heavy atom. The van der Waals surface area contributed by atoms with Crippen molar-refractivity contribution in [2.24, 2.45) is 12.5 Å². The van der Waals surface area contributed by atoms with E-state index in [0.29, 0.717) is 18.2 Å². The van der Waals surface area contributed by atoms with Crippen LogP contribution >= 0.6 is 0 Å². The van der Waals surface area contributed by atoms with E-state index in [9.17, 15) is 4.79 Å². The third-order valence-corrected chi connectivity index (χ3v) is 5.42. The molecule has 2 aromatic heterocycles. The molecule has 2 aromatic rings. The highest BCUT2D eigenvalue weighted by atomic mass is 16.2. The lowest BCUT2D eigenvalue weighted by molar-refractivity contribution is -0.136. The van der Waals surface area contributed by atoms with Gasteiger partial charge in [-0.05, 0) is 19.3 Å². The number of carbonyl (C=O) groups is 1. The summed E-state index contributed by atoms with van der Waals surface area (Å²) in [6.45, 7) is 2.60. The Balaban J connectivity index is 1.65. The molecule has 4 heterocycles. The molecule has 0 bridgehead atoms. The average molecular weight is 329 g/mol. The lowest BCUT2D eigenvalue weighted by Gasteiger charge is -2.47. The van der Waals surface area contributed by atoms with Gasteiger partial charge in [-0.3, -0.25) is 9.48 Å². The maximum absolute atomic E-state index is 11.8. The third-order valence-electron chi connectivity index (χ3n) is 5.42. The summed E-state index contributed by atoms with van der Waals surface area (Å²) in [6.07, 6.45) is 5.50. The SMILES string of the molecule is CN1CC2(CCCN(c3nc(N)c4cnn(C)c4n3)C2)CCC1=O. The van der Waals surface area contributed by atoms with Crippen LogP contribution in [0.4, 0.5) is 11.8 Å². The van der Waals surface area contributed by atoms with Crippen LogP contribution in [0.25, 0.3) is 11.0 Å². The topological polar surface area (TPSA) is 93.2 Å². The van der Waals surface area contributed by atoms with E-state index in [4.69, 9.17) is 5.73 Å². The zero-order chi connectivity index (χ0) is 16.9. The summed E-state index contributed by atoms with van der Waals surface area (Å²) in [5.74, 6) is 1.38. The number of aryl methyl sites for hydroxylation is 1. The van der Waals surface area contributed by atoms with Crippen molar-refractivity contribution in [3.8, 4) is 0 Å². The van der Waals surface area contributed by atoms with Crippen molar-refractivity contribution in [3.63, 3.8) is 0 Å². The summed E-state index contributed by atoms with van der Waals surface area (Å²) in [6, 6.07) is 0. The Morgan fingerprint density at radius 3 is 2.83 bits per heavy atom. The van der Waals surface area contributed by atoms with E-state index in [1.165, 1.54) is 0 Å². The van der Waals surface area contributed by atoms with Gasteiger partial charge in [-0.2, -0.15) is 15.1 Å². The molecule has 0 aliphatic carbocycles. The number of nitrogen functional groups attached to an aromatic ring is 1. The molecule has 4 rings (SSSR count). The highest BCUT2D eigenvalue weighted by Gasteiger charge is 2.41. The summed E-state index contributed by atoms with van der Waals surface area (Å²) in [5.41, 5.74) is 7.00. The largest absolute Gasteiger partial charge is 0.383 e. The van der Waals surface area contributed by atoms with E-state index in [0.717, 1.165) is 49.9 Å². The molecule has 8 nitrogen and oxygen atoms in total. The molecule has 0 saturated carbocycles. The molecule has 2 fully saturated rings. The van der Waals surface area contributed by atoms with Crippen molar-refractivity contribution in [1.29, 1.82) is 0 Å². The maximum atomic E-state index is 11.8. The van der Waals surface area contributed by atoms with Crippen LogP contribution in [0.15, 0.2) is 6.20 Å². The van der Waals surface area contributed by atoms with Crippen molar-refractivity contribution >= 4 is 28.7 Å². The lowest BCUT2D eigenvalue weighted by Crippen LogP contribution is -2.53. The molecule has 128 valence electrons. The number of hydrogen-bond donors (Lipinski definition) is 1. The summed E-state index contributed by atoms with van der Waals surface area (Å²) in [5, 5.41) is 5.00. The van der Waals surface area contributed by atoms with Crippen LogP contribution in [0.2, 0.25) is 0 Å². The molecule has 2 aliphatic heterocycles. The Morgan fingerprint density at radius 2 is 2.04 bits per heavy atom. The number of rotatable bonds is 1. The fourth-order valence-corrected chi connectivity index (χ4v) is 4.12.